The topological polar surface area (TPSA) is 38.8 Å². The highest BCUT2D eigenvalue weighted by molar-refractivity contribution is 6.09. The number of methoxy groups -OCH3 is 1. The van der Waals surface area contributed by atoms with Crippen LogP contribution in [0, 0.1) is 19.7 Å². The molecule has 0 atom stereocenters. The SMILES string of the molecule is COc1ccc(/C=C/C(=O)c2cc(-c3cc(C)cc(C)c3)ccc2OCCN(C)C)cc1F. The summed E-state index contributed by atoms with van der Waals surface area (Å²) in [6, 6.07) is 16.6. The molecule has 0 amide bonds. The number of hydrogen-bond acceptors (Lipinski definition) is 4. The Labute approximate surface area is 195 Å². The predicted octanol–water partition coefficient (Wildman–Crippen LogP) is 5.95. The van der Waals surface area contributed by atoms with Gasteiger partial charge in [0, 0.05) is 6.54 Å². The van der Waals surface area contributed by atoms with E-state index in [0.29, 0.717) is 23.5 Å². The van der Waals surface area contributed by atoms with Crippen molar-refractivity contribution in [3.8, 4) is 22.6 Å². The number of ether oxygens (including phenoxy) is 2. The number of ketones is 1. The number of hydrogen-bond donors (Lipinski definition) is 0. The van der Waals surface area contributed by atoms with Crippen LogP contribution in [-0.2, 0) is 0 Å². The van der Waals surface area contributed by atoms with Gasteiger partial charge in [-0.1, -0.05) is 47.5 Å². The molecule has 0 aliphatic heterocycles. The maximum absolute atomic E-state index is 14.0. The summed E-state index contributed by atoms with van der Waals surface area (Å²) in [5.41, 5.74) is 5.34. The van der Waals surface area contributed by atoms with Crippen molar-refractivity contribution in [1.29, 1.82) is 0 Å². The standard InChI is InChI=1S/C28H30FNO3/c1-19-14-20(2)16-23(15-19)22-8-11-27(33-13-12-30(3)4)24(18-22)26(31)9-6-21-7-10-28(32-5)25(29)17-21/h6-11,14-18H,12-13H2,1-5H3/b9-6+. The second-order valence-electron chi connectivity index (χ2n) is 8.33. The molecule has 3 rings (SSSR count). The van der Waals surface area contributed by atoms with Gasteiger partial charge in [0.05, 0.1) is 12.7 Å². The molecule has 5 heteroatoms. The molecular formula is C28H30FNO3. The van der Waals surface area contributed by atoms with E-state index in [1.807, 2.05) is 37.2 Å². The molecule has 0 spiro atoms. The molecule has 0 radical (unpaired) electrons. The third kappa shape index (κ3) is 6.53. The summed E-state index contributed by atoms with van der Waals surface area (Å²) in [4.78, 5) is 15.2. The van der Waals surface area contributed by atoms with Crippen LogP contribution < -0.4 is 9.47 Å². The first-order chi connectivity index (χ1) is 15.8. The zero-order valence-corrected chi connectivity index (χ0v) is 19.8. The molecule has 0 aliphatic carbocycles. The van der Waals surface area contributed by atoms with Gasteiger partial charge in [0.25, 0.3) is 0 Å². The summed E-state index contributed by atoms with van der Waals surface area (Å²) in [6.07, 6.45) is 3.04. The van der Waals surface area contributed by atoms with Crippen LogP contribution in [0.1, 0.15) is 27.0 Å². The number of halogens is 1. The molecule has 3 aromatic rings. The molecule has 0 N–H and O–H groups in total. The molecule has 4 nitrogen and oxygen atoms in total. The van der Waals surface area contributed by atoms with Gasteiger partial charge < -0.3 is 14.4 Å². The first-order valence-electron chi connectivity index (χ1n) is 10.8. The van der Waals surface area contributed by atoms with Gasteiger partial charge in [-0.25, -0.2) is 4.39 Å². The van der Waals surface area contributed by atoms with Gasteiger partial charge in [-0.05, 0) is 75.0 Å². The lowest BCUT2D eigenvalue weighted by Gasteiger charge is -2.15. The minimum atomic E-state index is -0.475. The van der Waals surface area contributed by atoms with Crippen molar-refractivity contribution in [2.45, 2.75) is 13.8 Å². The Morgan fingerprint density at radius 3 is 2.27 bits per heavy atom. The molecule has 0 fully saturated rings. The van der Waals surface area contributed by atoms with Crippen LogP contribution in [0.2, 0.25) is 0 Å². The summed E-state index contributed by atoms with van der Waals surface area (Å²) < 4.78 is 24.9. The van der Waals surface area contributed by atoms with E-state index in [4.69, 9.17) is 9.47 Å². The molecule has 0 aromatic heterocycles. The van der Waals surface area contributed by atoms with Crippen molar-refractivity contribution in [2.24, 2.45) is 0 Å². The van der Waals surface area contributed by atoms with Crippen molar-refractivity contribution in [2.75, 3.05) is 34.4 Å². The zero-order valence-electron chi connectivity index (χ0n) is 19.8. The molecule has 0 aliphatic rings. The molecule has 0 saturated heterocycles. The van der Waals surface area contributed by atoms with E-state index in [1.54, 1.807) is 12.1 Å². The highest BCUT2D eigenvalue weighted by atomic mass is 19.1. The summed E-state index contributed by atoms with van der Waals surface area (Å²) in [6.45, 7) is 5.30. The van der Waals surface area contributed by atoms with E-state index in [9.17, 15) is 9.18 Å². The lowest BCUT2D eigenvalue weighted by Crippen LogP contribution is -2.20. The van der Waals surface area contributed by atoms with Crippen molar-refractivity contribution in [1.82, 2.24) is 4.90 Å². The van der Waals surface area contributed by atoms with Crippen LogP contribution in [0.4, 0.5) is 4.39 Å². The normalized spacial score (nSPS) is 11.2. The van der Waals surface area contributed by atoms with Gasteiger partial charge in [-0.2, -0.15) is 0 Å². The van der Waals surface area contributed by atoms with Crippen molar-refractivity contribution in [3.05, 3.63) is 88.7 Å². The van der Waals surface area contributed by atoms with Crippen molar-refractivity contribution in [3.63, 3.8) is 0 Å². The van der Waals surface area contributed by atoms with Crippen LogP contribution in [0.3, 0.4) is 0 Å². The lowest BCUT2D eigenvalue weighted by molar-refractivity contribution is 0.104. The fraction of sp³-hybridized carbons (Fsp3) is 0.250. The number of rotatable bonds is 9. The van der Waals surface area contributed by atoms with Crippen LogP contribution in [0.5, 0.6) is 11.5 Å². The molecule has 0 saturated carbocycles. The third-order valence-corrected chi connectivity index (χ3v) is 5.20. The third-order valence-electron chi connectivity index (χ3n) is 5.20. The second kappa shape index (κ2) is 10.9. The van der Waals surface area contributed by atoms with Crippen LogP contribution >= 0.6 is 0 Å². The monoisotopic (exact) mass is 447 g/mol. The minimum absolute atomic E-state index is 0.163. The minimum Gasteiger partial charge on any atom is -0.494 e. The van der Waals surface area contributed by atoms with Crippen molar-refractivity contribution >= 4 is 11.9 Å². The quantitative estimate of drug-likeness (QED) is 0.300. The molecule has 172 valence electrons. The van der Waals surface area contributed by atoms with Gasteiger partial charge >= 0.3 is 0 Å². The van der Waals surface area contributed by atoms with E-state index >= 15 is 0 Å². The number of carbonyl (C=O) groups is 1. The highest BCUT2D eigenvalue weighted by Crippen LogP contribution is 2.29. The molecule has 0 heterocycles. The van der Waals surface area contributed by atoms with E-state index in [2.05, 4.69) is 32.0 Å². The maximum atomic E-state index is 14.0. The fourth-order valence-corrected chi connectivity index (χ4v) is 3.56. The average Bonchev–Trinajstić information content (AvgIpc) is 2.76. The first kappa shape index (κ1) is 24.2. The number of nitrogens with zero attached hydrogens (tertiary/aromatic N) is 1. The molecule has 0 unspecified atom stereocenters. The van der Waals surface area contributed by atoms with E-state index in [-0.39, 0.29) is 11.5 Å². The van der Waals surface area contributed by atoms with Crippen LogP contribution in [0.15, 0.2) is 60.7 Å². The summed E-state index contributed by atoms with van der Waals surface area (Å²) in [5, 5.41) is 0. The van der Waals surface area contributed by atoms with Gasteiger partial charge in [0.15, 0.2) is 17.3 Å². The number of carbonyl (C=O) groups excluding carboxylic acids is 1. The number of benzene rings is 3. The Kier molecular flexibility index (Phi) is 8.01. The molecule has 0 bridgehead atoms. The molecular weight excluding hydrogens is 417 g/mol. The zero-order chi connectivity index (χ0) is 24.0. The molecule has 3 aromatic carbocycles. The summed E-state index contributed by atoms with van der Waals surface area (Å²) in [7, 11) is 5.35. The average molecular weight is 448 g/mol. The van der Waals surface area contributed by atoms with Crippen LogP contribution in [0.25, 0.3) is 17.2 Å². The lowest BCUT2D eigenvalue weighted by atomic mass is 9.97. The predicted molar refractivity (Wildman–Crippen MR) is 132 cm³/mol. The summed E-state index contributed by atoms with van der Waals surface area (Å²) in [5.74, 6) is 0.00525. The number of aryl methyl sites for hydroxylation is 2. The Morgan fingerprint density at radius 1 is 0.939 bits per heavy atom. The van der Waals surface area contributed by atoms with E-state index in [1.165, 1.54) is 25.3 Å². The fourth-order valence-electron chi connectivity index (χ4n) is 3.56. The van der Waals surface area contributed by atoms with Crippen molar-refractivity contribution < 1.29 is 18.7 Å². The smallest absolute Gasteiger partial charge is 0.189 e. The second-order valence-corrected chi connectivity index (χ2v) is 8.33. The van der Waals surface area contributed by atoms with Gasteiger partial charge in [0.1, 0.15) is 12.4 Å². The maximum Gasteiger partial charge on any atom is 0.189 e. The van der Waals surface area contributed by atoms with E-state index in [0.717, 1.165) is 28.8 Å². The Bertz CT molecular complexity index is 1150. The summed E-state index contributed by atoms with van der Waals surface area (Å²) >= 11 is 0. The molecule has 33 heavy (non-hydrogen) atoms. The largest absolute Gasteiger partial charge is 0.494 e. The van der Waals surface area contributed by atoms with Crippen LogP contribution in [-0.4, -0.2) is 45.0 Å². The van der Waals surface area contributed by atoms with Gasteiger partial charge in [-0.3, -0.25) is 4.79 Å². The van der Waals surface area contributed by atoms with E-state index < -0.39 is 5.82 Å². The highest BCUT2D eigenvalue weighted by Gasteiger charge is 2.13. The number of likely N-dealkylation sites (N-methyl/N-ethyl adjacent to an activating group) is 1. The number of allylic oxidation sites excluding steroid dienone is 1. The Balaban J connectivity index is 1.94. The first-order valence-corrected chi connectivity index (χ1v) is 10.8. The Hall–Kier alpha value is -3.44. The Morgan fingerprint density at radius 2 is 1.64 bits per heavy atom. The van der Waals surface area contributed by atoms with Gasteiger partial charge in [-0.15, -0.1) is 0 Å². The van der Waals surface area contributed by atoms with Gasteiger partial charge in [0.2, 0.25) is 0 Å².